The molecule has 1 aromatic rings. The van der Waals surface area contributed by atoms with Gasteiger partial charge in [-0.2, -0.15) is 5.10 Å². The molecule has 1 aromatic heterocycles. The lowest BCUT2D eigenvalue weighted by Crippen LogP contribution is -2.30. The van der Waals surface area contributed by atoms with Crippen molar-refractivity contribution < 1.29 is 18.3 Å². The number of aromatic amines is 1. The molecule has 96 valence electrons. The third-order valence-corrected chi connectivity index (χ3v) is 3.72. The minimum Gasteiger partial charge on any atom is -0.481 e. The van der Waals surface area contributed by atoms with Crippen LogP contribution >= 0.6 is 0 Å². The number of aromatic nitrogens is 2. The van der Waals surface area contributed by atoms with Crippen molar-refractivity contribution >= 4 is 16.0 Å². The van der Waals surface area contributed by atoms with Gasteiger partial charge in [0, 0.05) is 13.0 Å². The van der Waals surface area contributed by atoms with Crippen LogP contribution < -0.4 is 4.72 Å². The summed E-state index contributed by atoms with van der Waals surface area (Å²) in [5.74, 6) is -1.15. The molecular weight excluding hydrogens is 246 g/mol. The smallest absolute Gasteiger partial charge is 0.303 e. The lowest BCUT2D eigenvalue weighted by atomic mass is 10.0. The van der Waals surface area contributed by atoms with Gasteiger partial charge in [-0.15, -0.1) is 0 Å². The molecule has 1 heterocycles. The number of hydrogen-bond acceptors (Lipinski definition) is 4. The standard InChI is InChI=1S/C9H15N3O4S/c1-2-7(5-9(13)14)6-11-17(15,16)8-3-4-10-12-8/h3-4,7,11H,2,5-6H2,1H3,(H,10,12)(H,13,14). The van der Waals surface area contributed by atoms with Gasteiger partial charge in [0.15, 0.2) is 5.03 Å². The van der Waals surface area contributed by atoms with E-state index in [1.54, 1.807) is 0 Å². The Kier molecular flexibility index (Phi) is 4.64. The number of H-pyrrole nitrogens is 1. The van der Waals surface area contributed by atoms with Gasteiger partial charge in [0.1, 0.15) is 0 Å². The van der Waals surface area contributed by atoms with E-state index >= 15 is 0 Å². The van der Waals surface area contributed by atoms with Crippen LogP contribution in [0.25, 0.3) is 0 Å². The molecule has 0 amide bonds. The summed E-state index contributed by atoms with van der Waals surface area (Å²) in [7, 11) is -3.62. The van der Waals surface area contributed by atoms with E-state index in [1.807, 2.05) is 6.92 Å². The molecule has 17 heavy (non-hydrogen) atoms. The number of carboxylic acids is 1. The van der Waals surface area contributed by atoms with E-state index in [0.717, 1.165) is 0 Å². The zero-order valence-electron chi connectivity index (χ0n) is 9.38. The Hall–Kier alpha value is -1.41. The molecule has 1 unspecified atom stereocenters. The van der Waals surface area contributed by atoms with Crippen molar-refractivity contribution in [2.75, 3.05) is 6.54 Å². The molecule has 0 fully saturated rings. The van der Waals surface area contributed by atoms with Crippen molar-refractivity contribution in [2.45, 2.75) is 24.8 Å². The molecule has 0 saturated carbocycles. The normalized spacial score (nSPS) is 13.5. The highest BCUT2D eigenvalue weighted by molar-refractivity contribution is 7.89. The highest BCUT2D eigenvalue weighted by atomic mass is 32.2. The maximum absolute atomic E-state index is 11.7. The summed E-state index contributed by atoms with van der Waals surface area (Å²) in [6.07, 6.45) is 1.88. The fourth-order valence-electron chi connectivity index (χ4n) is 1.31. The van der Waals surface area contributed by atoms with Crippen LogP contribution in [-0.4, -0.2) is 36.2 Å². The summed E-state index contributed by atoms with van der Waals surface area (Å²) in [5, 5.41) is 14.5. The van der Waals surface area contributed by atoms with E-state index in [0.29, 0.717) is 6.42 Å². The van der Waals surface area contributed by atoms with E-state index < -0.39 is 16.0 Å². The number of carboxylic acid groups (broad SMARTS) is 1. The Bertz CT molecular complexity index is 455. The molecule has 0 bridgehead atoms. The fourth-order valence-corrected chi connectivity index (χ4v) is 2.33. The molecule has 0 saturated heterocycles. The molecule has 0 aromatic carbocycles. The largest absolute Gasteiger partial charge is 0.481 e. The molecule has 0 aliphatic carbocycles. The third-order valence-electron chi connectivity index (χ3n) is 2.37. The number of hydrogen-bond donors (Lipinski definition) is 3. The van der Waals surface area contributed by atoms with Gasteiger partial charge in [0.2, 0.25) is 0 Å². The quantitative estimate of drug-likeness (QED) is 0.648. The first-order chi connectivity index (χ1) is 7.95. The Balaban J connectivity index is 2.57. The number of rotatable bonds is 7. The SMILES string of the molecule is CCC(CNS(=O)(=O)c1ccn[nH]1)CC(=O)O. The second kappa shape index (κ2) is 5.78. The first kappa shape index (κ1) is 13.7. The van der Waals surface area contributed by atoms with Gasteiger partial charge in [-0.05, 0) is 12.0 Å². The maximum Gasteiger partial charge on any atom is 0.303 e. The van der Waals surface area contributed by atoms with Gasteiger partial charge in [-0.1, -0.05) is 13.3 Å². The average molecular weight is 261 g/mol. The van der Waals surface area contributed by atoms with E-state index in [-0.39, 0.29) is 23.9 Å². The minimum atomic E-state index is -3.62. The summed E-state index contributed by atoms with van der Waals surface area (Å²) >= 11 is 0. The number of nitrogens with zero attached hydrogens (tertiary/aromatic N) is 1. The third kappa shape index (κ3) is 4.16. The zero-order chi connectivity index (χ0) is 12.9. The molecule has 0 radical (unpaired) electrons. The van der Waals surface area contributed by atoms with E-state index in [9.17, 15) is 13.2 Å². The highest BCUT2D eigenvalue weighted by Crippen LogP contribution is 2.09. The first-order valence-electron chi connectivity index (χ1n) is 5.16. The predicted octanol–water partition coefficient (Wildman–Crippen LogP) is 0.189. The Morgan fingerprint density at radius 2 is 2.35 bits per heavy atom. The second-order valence-electron chi connectivity index (χ2n) is 3.64. The number of nitrogens with one attached hydrogen (secondary N) is 2. The van der Waals surface area contributed by atoms with Crippen LogP contribution in [0, 0.1) is 5.92 Å². The van der Waals surface area contributed by atoms with Crippen LogP contribution in [0.3, 0.4) is 0 Å². The summed E-state index contributed by atoms with van der Waals surface area (Å²) in [6.45, 7) is 1.92. The van der Waals surface area contributed by atoms with E-state index in [4.69, 9.17) is 5.11 Å². The first-order valence-corrected chi connectivity index (χ1v) is 6.65. The summed E-state index contributed by atoms with van der Waals surface area (Å²) in [4.78, 5) is 10.5. The van der Waals surface area contributed by atoms with E-state index in [1.165, 1.54) is 12.3 Å². The second-order valence-corrected chi connectivity index (χ2v) is 5.38. The van der Waals surface area contributed by atoms with Crippen molar-refractivity contribution in [2.24, 2.45) is 5.92 Å². The van der Waals surface area contributed by atoms with Crippen molar-refractivity contribution in [1.29, 1.82) is 0 Å². The lowest BCUT2D eigenvalue weighted by Gasteiger charge is -2.12. The van der Waals surface area contributed by atoms with Crippen molar-refractivity contribution in [3.8, 4) is 0 Å². The molecule has 8 heteroatoms. The van der Waals surface area contributed by atoms with Crippen LogP contribution in [0.4, 0.5) is 0 Å². The summed E-state index contributed by atoms with van der Waals surface area (Å²) in [6, 6.07) is 1.33. The Morgan fingerprint density at radius 3 is 2.82 bits per heavy atom. The van der Waals surface area contributed by atoms with Crippen LogP contribution in [0.5, 0.6) is 0 Å². The molecule has 0 aliphatic heterocycles. The zero-order valence-corrected chi connectivity index (χ0v) is 10.2. The van der Waals surface area contributed by atoms with Gasteiger partial charge >= 0.3 is 5.97 Å². The Labute approximate surface area is 99.3 Å². The monoisotopic (exact) mass is 261 g/mol. The minimum absolute atomic E-state index is 0.0253. The molecule has 3 N–H and O–H groups in total. The average Bonchev–Trinajstić information content (AvgIpc) is 2.77. The molecule has 1 rings (SSSR count). The van der Waals surface area contributed by atoms with Crippen molar-refractivity contribution in [3.05, 3.63) is 12.3 Å². The summed E-state index contributed by atoms with van der Waals surface area (Å²) < 4.78 is 25.7. The highest BCUT2D eigenvalue weighted by Gasteiger charge is 2.18. The predicted molar refractivity (Wildman–Crippen MR) is 59.8 cm³/mol. The molecule has 1 atom stereocenters. The molecule has 7 nitrogen and oxygen atoms in total. The maximum atomic E-state index is 11.7. The fraction of sp³-hybridized carbons (Fsp3) is 0.556. The van der Waals surface area contributed by atoms with Gasteiger partial charge in [-0.3, -0.25) is 9.89 Å². The van der Waals surface area contributed by atoms with Crippen LogP contribution in [-0.2, 0) is 14.8 Å². The topological polar surface area (TPSA) is 112 Å². The molecular formula is C9H15N3O4S. The van der Waals surface area contributed by atoms with Crippen molar-refractivity contribution in [3.63, 3.8) is 0 Å². The van der Waals surface area contributed by atoms with Crippen LogP contribution in [0.2, 0.25) is 0 Å². The van der Waals surface area contributed by atoms with Gasteiger partial charge in [-0.25, -0.2) is 13.1 Å². The number of aliphatic carboxylic acids is 1. The van der Waals surface area contributed by atoms with Gasteiger partial charge in [0.05, 0.1) is 6.20 Å². The summed E-state index contributed by atoms with van der Waals surface area (Å²) in [5.41, 5.74) is 0. The molecule has 0 spiro atoms. The molecule has 0 aliphatic rings. The number of carbonyl (C=O) groups is 1. The van der Waals surface area contributed by atoms with Gasteiger partial charge in [0.25, 0.3) is 10.0 Å². The van der Waals surface area contributed by atoms with Gasteiger partial charge < -0.3 is 5.11 Å². The van der Waals surface area contributed by atoms with Crippen molar-refractivity contribution in [1.82, 2.24) is 14.9 Å². The van der Waals surface area contributed by atoms with Crippen LogP contribution in [0.15, 0.2) is 17.3 Å². The Morgan fingerprint density at radius 1 is 1.65 bits per heavy atom. The van der Waals surface area contributed by atoms with E-state index in [2.05, 4.69) is 14.9 Å². The van der Waals surface area contributed by atoms with Crippen LogP contribution in [0.1, 0.15) is 19.8 Å². The number of sulfonamides is 1. The lowest BCUT2D eigenvalue weighted by molar-refractivity contribution is -0.138.